The quantitative estimate of drug-likeness (QED) is 0.606. The Bertz CT molecular complexity index is 1030. The van der Waals surface area contributed by atoms with Gasteiger partial charge in [-0.1, -0.05) is 35.6 Å². The van der Waals surface area contributed by atoms with Gasteiger partial charge >= 0.3 is 18.1 Å². The van der Waals surface area contributed by atoms with Crippen molar-refractivity contribution in [3.63, 3.8) is 0 Å². The molecule has 0 radical (unpaired) electrons. The molecule has 1 fully saturated rings. The van der Waals surface area contributed by atoms with Gasteiger partial charge in [0.25, 0.3) is 0 Å². The van der Waals surface area contributed by atoms with Crippen molar-refractivity contribution in [2.45, 2.75) is 43.9 Å². The van der Waals surface area contributed by atoms with Crippen LogP contribution in [-0.4, -0.2) is 59.3 Å². The lowest BCUT2D eigenvalue weighted by Crippen LogP contribution is -2.46. The number of hydrogen-bond acceptors (Lipinski definition) is 7. The summed E-state index contributed by atoms with van der Waals surface area (Å²) in [6.45, 7) is 2.14. The summed E-state index contributed by atoms with van der Waals surface area (Å²) in [7, 11) is 0. The molecule has 34 heavy (non-hydrogen) atoms. The van der Waals surface area contributed by atoms with Crippen LogP contribution >= 0.6 is 11.3 Å². The van der Waals surface area contributed by atoms with E-state index in [1.807, 2.05) is 17.0 Å². The van der Waals surface area contributed by atoms with Crippen LogP contribution in [0.1, 0.15) is 36.1 Å². The van der Waals surface area contributed by atoms with E-state index in [1.165, 1.54) is 16.6 Å². The lowest BCUT2D eigenvalue weighted by Gasteiger charge is -2.42. The maximum absolute atomic E-state index is 12.5. The average molecular weight is 499 g/mol. The van der Waals surface area contributed by atoms with Gasteiger partial charge in [-0.25, -0.2) is 9.78 Å². The molecular formula is C23H25F3N2O5S. The van der Waals surface area contributed by atoms with Gasteiger partial charge in [0.2, 0.25) is 5.06 Å². The Balaban J connectivity index is 1.41. The van der Waals surface area contributed by atoms with Crippen molar-refractivity contribution in [3.05, 3.63) is 46.6 Å². The van der Waals surface area contributed by atoms with Crippen LogP contribution in [0.2, 0.25) is 0 Å². The Labute approximate surface area is 198 Å². The van der Waals surface area contributed by atoms with E-state index in [1.54, 1.807) is 0 Å². The van der Waals surface area contributed by atoms with Crippen molar-refractivity contribution in [3.8, 4) is 5.06 Å². The van der Waals surface area contributed by atoms with Crippen LogP contribution in [0.15, 0.2) is 29.8 Å². The number of piperidine rings is 1. The second-order valence-electron chi connectivity index (χ2n) is 8.62. The van der Waals surface area contributed by atoms with Gasteiger partial charge in [-0.15, -0.1) is 0 Å². The predicted molar refractivity (Wildman–Crippen MR) is 117 cm³/mol. The van der Waals surface area contributed by atoms with Crippen LogP contribution in [0.5, 0.6) is 5.06 Å². The van der Waals surface area contributed by atoms with E-state index in [-0.39, 0.29) is 29.3 Å². The molecular weight excluding hydrogens is 473 g/mol. The van der Waals surface area contributed by atoms with Crippen molar-refractivity contribution in [1.29, 1.82) is 0 Å². The van der Waals surface area contributed by atoms with Crippen LogP contribution in [0.4, 0.5) is 13.2 Å². The Morgan fingerprint density at radius 1 is 1.26 bits per heavy atom. The highest BCUT2D eigenvalue weighted by atomic mass is 32.1. The first-order chi connectivity index (χ1) is 16.2. The number of esters is 1. The number of aliphatic carboxylic acids is 1. The zero-order chi connectivity index (χ0) is 24.3. The summed E-state index contributed by atoms with van der Waals surface area (Å²) in [6, 6.07) is 8.29. The minimum Gasteiger partial charge on any atom is -0.481 e. The molecule has 0 saturated carbocycles. The number of carboxylic acids is 1. The van der Waals surface area contributed by atoms with Crippen molar-refractivity contribution < 1.29 is 37.3 Å². The summed E-state index contributed by atoms with van der Waals surface area (Å²) in [4.78, 5) is 29.1. The second-order valence-corrected chi connectivity index (χ2v) is 9.43. The maximum Gasteiger partial charge on any atom is 0.491 e. The first kappa shape index (κ1) is 24.6. The Hall–Kier alpha value is -2.50. The zero-order valence-electron chi connectivity index (χ0n) is 18.3. The lowest BCUT2D eigenvalue weighted by atomic mass is 9.81. The van der Waals surface area contributed by atoms with Crippen LogP contribution in [0.3, 0.4) is 0 Å². The Morgan fingerprint density at radius 3 is 2.71 bits per heavy atom. The number of benzene rings is 1. The van der Waals surface area contributed by atoms with Gasteiger partial charge in [0.1, 0.15) is 0 Å². The molecule has 2 aromatic rings. The van der Waals surface area contributed by atoms with Crippen molar-refractivity contribution >= 4 is 23.3 Å². The summed E-state index contributed by atoms with van der Waals surface area (Å²) < 4.78 is 48.4. The van der Waals surface area contributed by atoms with Gasteiger partial charge in [-0.05, 0) is 36.8 Å². The van der Waals surface area contributed by atoms with Crippen molar-refractivity contribution in [2.75, 3.05) is 26.2 Å². The minimum atomic E-state index is -5.14. The van der Waals surface area contributed by atoms with Crippen molar-refractivity contribution in [2.24, 2.45) is 5.92 Å². The normalized spacial score (nSPS) is 19.3. The Kier molecular flexibility index (Phi) is 7.25. The molecule has 3 heterocycles. The van der Waals surface area contributed by atoms with Crippen LogP contribution in [-0.2, 0) is 32.8 Å². The van der Waals surface area contributed by atoms with E-state index in [9.17, 15) is 27.9 Å². The SMILES string of the molecule is O=C(O)C(Cc1ncsc1OC(=O)C(F)(F)F)CN1CCC2(CC1)OCCCc1ccccc12. The fraction of sp³-hybridized carbons (Fsp3) is 0.522. The monoisotopic (exact) mass is 498 g/mol. The number of aryl methyl sites for hydroxylation is 1. The van der Waals surface area contributed by atoms with E-state index in [0.29, 0.717) is 19.7 Å². The molecule has 1 unspecified atom stereocenters. The third-order valence-corrected chi connectivity index (χ3v) is 7.17. The topological polar surface area (TPSA) is 89.0 Å². The fourth-order valence-corrected chi connectivity index (χ4v) is 5.37. The molecule has 0 amide bonds. The van der Waals surface area contributed by atoms with Gasteiger partial charge in [0.05, 0.1) is 22.7 Å². The molecule has 1 spiro atoms. The molecule has 2 aliphatic heterocycles. The molecule has 1 aromatic carbocycles. The first-order valence-corrected chi connectivity index (χ1v) is 11.9. The predicted octanol–water partition coefficient (Wildman–Crippen LogP) is 3.81. The summed E-state index contributed by atoms with van der Waals surface area (Å²) in [5.74, 6) is -4.35. The molecule has 184 valence electrons. The van der Waals surface area contributed by atoms with E-state index in [2.05, 4.69) is 21.9 Å². The van der Waals surface area contributed by atoms with Crippen LogP contribution in [0, 0.1) is 5.92 Å². The molecule has 0 aliphatic carbocycles. The number of halogens is 3. The maximum atomic E-state index is 12.5. The third-order valence-electron chi connectivity index (χ3n) is 6.43. The number of carbonyl (C=O) groups is 2. The number of nitrogens with zero attached hydrogens (tertiary/aromatic N) is 2. The van der Waals surface area contributed by atoms with Crippen LogP contribution in [0.25, 0.3) is 0 Å². The molecule has 1 N–H and O–H groups in total. The highest BCUT2D eigenvalue weighted by Crippen LogP contribution is 2.41. The number of carboxylic acid groups (broad SMARTS) is 1. The number of fused-ring (bicyclic) bond motifs is 2. The fourth-order valence-electron chi connectivity index (χ4n) is 4.70. The third kappa shape index (κ3) is 5.42. The van der Waals surface area contributed by atoms with E-state index in [4.69, 9.17) is 4.74 Å². The molecule has 11 heteroatoms. The van der Waals surface area contributed by atoms with Gasteiger partial charge in [-0.3, -0.25) is 4.79 Å². The largest absolute Gasteiger partial charge is 0.491 e. The second kappa shape index (κ2) is 10.0. The highest BCUT2D eigenvalue weighted by Gasteiger charge is 2.43. The average Bonchev–Trinajstić information content (AvgIpc) is 3.15. The zero-order valence-corrected chi connectivity index (χ0v) is 19.2. The van der Waals surface area contributed by atoms with Gasteiger partial charge in [0, 0.05) is 32.7 Å². The number of thiazole rings is 1. The molecule has 2 aliphatic rings. The van der Waals surface area contributed by atoms with Crippen molar-refractivity contribution in [1.82, 2.24) is 9.88 Å². The number of hydrogen-bond donors (Lipinski definition) is 1. The molecule has 1 atom stereocenters. The lowest BCUT2D eigenvalue weighted by molar-refractivity contribution is -0.189. The molecule has 1 saturated heterocycles. The Morgan fingerprint density at radius 2 is 2.00 bits per heavy atom. The first-order valence-electron chi connectivity index (χ1n) is 11.1. The number of alkyl halides is 3. The number of likely N-dealkylation sites (tertiary alicyclic amines) is 1. The number of aromatic nitrogens is 1. The number of ether oxygens (including phenoxy) is 2. The molecule has 4 rings (SSSR count). The molecule has 1 aromatic heterocycles. The van der Waals surface area contributed by atoms with Gasteiger partial charge in [-0.2, -0.15) is 13.2 Å². The van der Waals surface area contributed by atoms with Gasteiger partial charge in [0.15, 0.2) is 0 Å². The van der Waals surface area contributed by atoms with E-state index in [0.717, 1.165) is 37.0 Å². The van der Waals surface area contributed by atoms with Crippen LogP contribution < -0.4 is 4.74 Å². The summed E-state index contributed by atoms with van der Waals surface area (Å²) in [5.41, 5.74) is 3.39. The highest BCUT2D eigenvalue weighted by molar-refractivity contribution is 7.11. The number of carbonyl (C=O) groups excluding carboxylic acids is 1. The van der Waals surface area contributed by atoms with E-state index < -0.39 is 24.0 Å². The number of rotatable bonds is 6. The summed E-state index contributed by atoms with van der Waals surface area (Å²) >= 11 is 0.727. The minimum absolute atomic E-state index is 0.0320. The van der Waals surface area contributed by atoms with E-state index >= 15 is 0 Å². The van der Waals surface area contributed by atoms with Gasteiger partial charge < -0.3 is 19.5 Å². The standard InChI is InChI=1S/C23H25F3N2O5S/c24-23(25,26)21(31)33-20-18(27-14-34-20)12-16(19(29)30)13-28-9-7-22(8-10-28)17-6-2-1-4-15(17)5-3-11-32-22/h1-2,4,6,14,16H,3,5,7-13H2,(H,29,30). The smallest absolute Gasteiger partial charge is 0.481 e. The summed E-state index contributed by atoms with van der Waals surface area (Å²) in [6.07, 6.45) is -1.91. The summed E-state index contributed by atoms with van der Waals surface area (Å²) in [5, 5.41) is 9.43. The molecule has 7 nitrogen and oxygen atoms in total. The molecule has 0 bridgehead atoms.